The molecule has 3 N–H and O–H groups in total. The van der Waals surface area contributed by atoms with Crippen LogP contribution in [0, 0.1) is 0 Å². The van der Waals surface area contributed by atoms with Crippen LogP contribution in [0.25, 0.3) is 10.8 Å². The van der Waals surface area contributed by atoms with Crippen LogP contribution in [0.5, 0.6) is 5.75 Å². The highest BCUT2D eigenvalue weighted by Crippen LogP contribution is 2.32. The average Bonchev–Trinajstić information content (AvgIpc) is 3.03. The van der Waals surface area contributed by atoms with Crippen molar-refractivity contribution < 1.29 is 22.9 Å². The van der Waals surface area contributed by atoms with Gasteiger partial charge in [0.05, 0.1) is 4.90 Å². The first-order valence-electron chi connectivity index (χ1n) is 17.8. The monoisotopic (exact) mass is 651 g/mol. The van der Waals surface area contributed by atoms with Gasteiger partial charge in [-0.05, 0) is 47.6 Å². The molecule has 3 rings (SSSR count). The number of aromatic hydroxyl groups is 1. The Morgan fingerprint density at radius 3 is 1.78 bits per heavy atom. The number of hydrogen-bond acceptors (Lipinski definition) is 4. The summed E-state index contributed by atoms with van der Waals surface area (Å²) >= 11 is 0. The number of phenols is 1. The van der Waals surface area contributed by atoms with Crippen LogP contribution >= 0.6 is 0 Å². The van der Waals surface area contributed by atoms with Gasteiger partial charge in [0.2, 0.25) is 0 Å². The molecule has 6 nitrogen and oxygen atoms in total. The Balaban J connectivity index is 1.38. The van der Waals surface area contributed by atoms with Crippen molar-refractivity contribution in [1.29, 1.82) is 0 Å². The number of hydrogen-bond donors (Lipinski definition) is 3. The molecule has 0 aliphatic carbocycles. The summed E-state index contributed by atoms with van der Waals surface area (Å²) in [7, 11) is -4.44. The molecule has 254 valence electrons. The van der Waals surface area contributed by atoms with Crippen molar-refractivity contribution in [2.75, 3.05) is 5.32 Å². The first kappa shape index (κ1) is 37.6. The summed E-state index contributed by atoms with van der Waals surface area (Å²) in [5.74, 6) is -0.385. The Kier molecular flexibility index (Phi) is 16.6. The van der Waals surface area contributed by atoms with E-state index in [-0.39, 0.29) is 22.1 Å². The molecule has 1 atom stereocenters. The minimum Gasteiger partial charge on any atom is -0.507 e. The molecule has 0 aromatic heterocycles. The lowest BCUT2D eigenvalue weighted by Crippen LogP contribution is -2.15. The van der Waals surface area contributed by atoms with Crippen LogP contribution in [0.2, 0.25) is 0 Å². The van der Waals surface area contributed by atoms with Gasteiger partial charge in [0.15, 0.2) is 0 Å². The van der Waals surface area contributed by atoms with Crippen LogP contribution in [0.3, 0.4) is 0 Å². The molecule has 0 bridgehead atoms. The molecule has 0 spiro atoms. The van der Waals surface area contributed by atoms with Crippen molar-refractivity contribution in [1.82, 2.24) is 0 Å². The van der Waals surface area contributed by atoms with E-state index in [2.05, 4.69) is 19.2 Å². The third kappa shape index (κ3) is 13.1. The number of rotatable bonds is 23. The highest BCUT2D eigenvalue weighted by Gasteiger charge is 2.19. The number of carbonyl (C=O) groups is 1. The minimum atomic E-state index is -4.44. The molecule has 0 aliphatic heterocycles. The number of anilines is 1. The standard InChI is InChI=1S/C39H57NO5S/c1-3-4-5-6-7-8-9-10-11-12-13-14-15-16-17-18-19-20-23-31(2)35-27-26-34(46(43,44)45)30-37(35)40-39(42)33-28-32-24-21-22-25-36(32)38(41)29-33/h21-22,24-31,41H,3-20,23H2,1-2H3,(H,40,42)(H,43,44,45). The number of nitrogens with one attached hydrogen (secondary N) is 1. The van der Waals surface area contributed by atoms with Crippen LogP contribution in [0.4, 0.5) is 5.69 Å². The molecule has 0 aliphatic rings. The predicted octanol–water partition coefficient (Wildman–Crippen LogP) is 11.6. The fourth-order valence-corrected chi connectivity index (χ4v) is 6.86. The quantitative estimate of drug-likeness (QED) is 0.0699. The van der Waals surface area contributed by atoms with Crippen molar-refractivity contribution in [3.05, 3.63) is 65.7 Å². The first-order valence-corrected chi connectivity index (χ1v) is 19.3. The summed E-state index contributed by atoms with van der Waals surface area (Å²) < 4.78 is 33.4. The Morgan fingerprint density at radius 1 is 0.717 bits per heavy atom. The van der Waals surface area contributed by atoms with E-state index < -0.39 is 16.0 Å². The minimum absolute atomic E-state index is 0.00221. The van der Waals surface area contributed by atoms with Crippen LogP contribution in [-0.4, -0.2) is 24.0 Å². The van der Waals surface area contributed by atoms with Crippen molar-refractivity contribution >= 4 is 32.5 Å². The Morgan fingerprint density at radius 2 is 1.24 bits per heavy atom. The summed E-state index contributed by atoms with van der Waals surface area (Å²) in [6.07, 6.45) is 24.9. The van der Waals surface area contributed by atoms with E-state index in [1.165, 1.54) is 121 Å². The van der Waals surface area contributed by atoms with Gasteiger partial charge in [-0.25, -0.2) is 0 Å². The summed E-state index contributed by atoms with van der Waals surface area (Å²) in [6.45, 7) is 4.35. The van der Waals surface area contributed by atoms with Gasteiger partial charge in [0.1, 0.15) is 5.75 Å². The Bertz CT molecular complexity index is 1450. The highest BCUT2D eigenvalue weighted by atomic mass is 32.2. The van der Waals surface area contributed by atoms with Crippen molar-refractivity contribution in [3.8, 4) is 5.75 Å². The van der Waals surface area contributed by atoms with E-state index >= 15 is 0 Å². The van der Waals surface area contributed by atoms with Crippen molar-refractivity contribution in [3.63, 3.8) is 0 Å². The van der Waals surface area contributed by atoms with E-state index in [4.69, 9.17) is 0 Å². The van der Waals surface area contributed by atoms with Crippen LogP contribution < -0.4 is 5.32 Å². The zero-order chi connectivity index (χ0) is 33.2. The lowest BCUT2D eigenvalue weighted by molar-refractivity contribution is 0.102. The molecule has 0 heterocycles. The van der Waals surface area contributed by atoms with E-state index in [1.807, 2.05) is 18.2 Å². The number of amides is 1. The summed E-state index contributed by atoms with van der Waals surface area (Å²) in [4.78, 5) is 13.0. The maximum Gasteiger partial charge on any atom is 0.294 e. The predicted molar refractivity (Wildman–Crippen MR) is 192 cm³/mol. The van der Waals surface area contributed by atoms with Gasteiger partial charge >= 0.3 is 0 Å². The topological polar surface area (TPSA) is 104 Å². The summed E-state index contributed by atoms with van der Waals surface area (Å²) in [5.41, 5.74) is 1.43. The SMILES string of the molecule is CCCCCCCCCCCCCCCCCCCCC(C)c1ccc(S(=O)(=O)O)cc1NC(=O)c1cc(O)c2ccccc2c1. The molecule has 46 heavy (non-hydrogen) atoms. The summed E-state index contributed by atoms with van der Waals surface area (Å²) in [6, 6.07) is 14.7. The second-order valence-corrected chi connectivity index (χ2v) is 14.5. The number of phenolic OH excluding ortho intramolecular Hbond substituents is 1. The number of fused-ring (bicyclic) bond motifs is 1. The Labute approximate surface area is 278 Å². The number of benzene rings is 3. The normalized spacial score (nSPS) is 12.4. The van der Waals surface area contributed by atoms with Gasteiger partial charge in [0.25, 0.3) is 16.0 Å². The molecule has 0 saturated heterocycles. The first-order chi connectivity index (χ1) is 22.2. The zero-order valence-electron chi connectivity index (χ0n) is 28.2. The third-order valence-corrected chi connectivity index (χ3v) is 10.0. The van der Waals surface area contributed by atoms with Gasteiger partial charge in [-0.1, -0.05) is 160 Å². The largest absolute Gasteiger partial charge is 0.507 e. The molecular formula is C39H57NO5S. The molecule has 7 heteroatoms. The molecule has 3 aromatic rings. The van der Waals surface area contributed by atoms with Gasteiger partial charge in [-0.3, -0.25) is 9.35 Å². The van der Waals surface area contributed by atoms with Crippen LogP contribution in [-0.2, 0) is 10.1 Å². The summed E-state index contributed by atoms with van der Waals surface area (Å²) in [5, 5.41) is 14.7. The molecule has 1 amide bonds. The Hall–Kier alpha value is -2.90. The third-order valence-electron chi connectivity index (χ3n) is 9.19. The lowest BCUT2D eigenvalue weighted by atomic mass is 9.93. The van der Waals surface area contributed by atoms with Crippen molar-refractivity contribution in [2.24, 2.45) is 0 Å². The molecule has 0 fully saturated rings. The van der Waals surface area contributed by atoms with Crippen LogP contribution in [0.1, 0.15) is 158 Å². The van der Waals surface area contributed by atoms with E-state index in [9.17, 15) is 22.9 Å². The molecule has 0 saturated carbocycles. The maximum atomic E-state index is 13.2. The molecule has 3 aromatic carbocycles. The van der Waals surface area contributed by atoms with Gasteiger partial charge in [-0.2, -0.15) is 8.42 Å². The second-order valence-electron chi connectivity index (χ2n) is 13.1. The number of unbranched alkanes of at least 4 members (excludes halogenated alkanes) is 17. The fourth-order valence-electron chi connectivity index (χ4n) is 6.36. The smallest absolute Gasteiger partial charge is 0.294 e. The van der Waals surface area contributed by atoms with E-state index in [0.717, 1.165) is 30.2 Å². The second kappa shape index (κ2) is 20.4. The van der Waals surface area contributed by atoms with Gasteiger partial charge < -0.3 is 10.4 Å². The highest BCUT2D eigenvalue weighted by molar-refractivity contribution is 7.85. The zero-order valence-corrected chi connectivity index (χ0v) is 29.1. The van der Waals surface area contributed by atoms with Gasteiger partial charge in [0, 0.05) is 16.6 Å². The lowest BCUT2D eigenvalue weighted by Gasteiger charge is -2.18. The van der Waals surface area contributed by atoms with Crippen molar-refractivity contribution in [2.45, 2.75) is 147 Å². The fraction of sp³-hybridized carbons (Fsp3) is 0.564. The maximum absolute atomic E-state index is 13.2. The van der Waals surface area contributed by atoms with E-state index in [1.54, 1.807) is 18.2 Å². The molecule has 0 radical (unpaired) electrons. The van der Waals surface area contributed by atoms with Crippen LogP contribution in [0.15, 0.2) is 59.5 Å². The molecular weight excluding hydrogens is 594 g/mol. The number of carbonyl (C=O) groups excluding carboxylic acids is 1. The molecule has 1 unspecified atom stereocenters. The average molecular weight is 652 g/mol. The van der Waals surface area contributed by atoms with Gasteiger partial charge in [-0.15, -0.1) is 0 Å². The van der Waals surface area contributed by atoms with E-state index in [0.29, 0.717) is 11.1 Å².